The summed E-state index contributed by atoms with van der Waals surface area (Å²) in [6.45, 7) is 1.67. The largest absolute Gasteiger partial charge is 0.353 e. The second-order valence-electron chi connectivity index (χ2n) is 7.07. The highest BCUT2D eigenvalue weighted by Gasteiger charge is 2.37. The normalized spacial score (nSPS) is 27.8. The maximum atomic E-state index is 12.7. The molecule has 2 aromatic carbocycles. The fourth-order valence-corrected chi connectivity index (χ4v) is 4.05. The Balaban J connectivity index is 0.00000182. The van der Waals surface area contributed by atoms with Gasteiger partial charge in [0.05, 0.1) is 5.92 Å². The van der Waals surface area contributed by atoms with Crippen molar-refractivity contribution in [3.8, 4) is 0 Å². The van der Waals surface area contributed by atoms with Crippen molar-refractivity contribution in [3.63, 3.8) is 0 Å². The molecule has 132 valence electrons. The first kappa shape index (κ1) is 18.0. The van der Waals surface area contributed by atoms with E-state index in [1.165, 1.54) is 11.1 Å². The quantitative estimate of drug-likeness (QED) is 0.880. The number of rotatable bonds is 4. The molecule has 1 saturated heterocycles. The Morgan fingerprint density at radius 2 is 1.48 bits per heavy atom. The Hall–Kier alpha value is -1.84. The number of benzene rings is 2. The standard InChI is InChI=1S/C21H24N2O.ClH/c24-21(20-14-22-13-19(20)16-9-5-2-6-10-16)23-18-11-17(12-18)15-7-3-1-4-8-15;/h1-10,17-20,22H,11-14H2,(H,23,24);1H/t17-,18-,19-,20+;/m0./s1. The Kier molecular flexibility index (Phi) is 5.77. The summed E-state index contributed by atoms with van der Waals surface area (Å²) in [6, 6.07) is 21.4. The van der Waals surface area contributed by atoms with Crippen LogP contribution in [0.3, 0.4) is 0 Å². The van der Waals surface area contributed by atoms with E-state index in [-0.39, 0.29) is 30.2 Å². The van der Waals surface area contributed by atoms with Crippen LogP contribution < -0.4 is 10.6 Å². The molecule has 3 nitrogen and oxygen atoms in total. The second-order valence-corrected chi connectivity index (χ2v) is 7.07. The van der Waals surface area contributed by atoms with Crippen LogP contribution in [0.5, 0.6) is 0 Å². The molecule has 4 rings (SSSR count). The van der Waals surface area contributed by atoms with E-state index in [1.807, 2.05) is 6.07 Å². The molecule has 2 fully saturated rings. The summed E-state index contributed by atoms with van der Waals surface area (Å²) in [5, 5.41) is 6.66. The van der Waals surface area contributed by atoms with Crippen LogP contribution in [-0.4, -0.2) is 25.0 Å². The zero-order valence-electron chi connectivity index (χ0n) is 14.2. The first-order chi connectivity index (χ1) is 11.8. The predicted octanol–water partition coefficient (Wildman–Crippen LogP) is 3.47. The number of amides is 1. The molecule has 0 aromatic heterocycles. The van der Waals surface area contributed by atoms with Gasteiger partial charge in [-0.25, -0.2) is 0 Å². The summed E-state index contributed by atoms with van der Waals surface area (Å²) < 4.78 is 0. The van der Waals surface area contributed by atoms with E-state index in [9.17, 15) is 4.79 Å². The molecule has 2 aliphatic rings. The highest BCUT2D eigenvalue weighted by Crippen LogP contribution is 2.37. The summed E-state index contributed by atoms with van der Waals surface area (Å²) in [5.74, 6) is 1.15. The van der Waals surface area contributed by atoms with Crippen molar-refractivity contribution in [1.82, 2.24) is 10.6 Å². The van der Waals surface area contributed by atoms with Crippen LogP contribution in [-0.2, 0) is 4.79 Å². The zero-order valence-corrected chi connectivity index (χ0v) is 15.0. The molecule has 0 bridgehead atoms. The second kappa shape index (κ2) is 8.03. The SMILES string of the molecule is Cl.O=C(N[C@H]1C[C@H](c2ccccc2)C1)[C@@H]1CNC[C@H]1c1ccccc1. The predicted molar refractivity (Wildman–Crippen MR) is 103 cm³/mol. The highest BCUT2D eigenvalue weighted by atomic mass is 35.5. The third-order valence-corrected chi connectivity index (χ3v) is 5.53. The fourth-order valence-electron chi connectivity index (χ4n) is 4.05. The van der Waals surface area contributed by atoms with Crippen LogP contribution in [0.1, 0.15) is 35.8 Å². The molecule has 25 heavy (non-hydrogen) atoms. The molecular weight excluding hydrogens is 332 g/mol. The molecule has 0 radical (unpaired) electrons. The van der Waals surface area contributed by atoms with E-state index >= 15 is 0 Å². The Morgan fingerprint density at radius 3 is 2.12 bits per heavy atom. The van der Waals surface area contributed by atoms with Crippen molar-refractivity contribution in [1.29, 1.82) is 0 Å². The van der Waals surface area contributed by atoms with Crippen LogP contribution >= 0.6 is 12.4 Å². The fraction of sp³-hybridized carbons (Fsp3) is 0.381. The smallest absolute Gasteiger partial charge is 0.225 e. The summed E-state index contributed by atoms with van der Waals surface area (Å²) >= 11 is 0. The van der Waals surface area contributed by atoms with E-state index < -0.39 is 0 Å². The number of halogens is 1. The van der Waals surface area contributed by atoms with Crippen LogP contribution in [0.4, 0.5) is 0 Å². The molecule has 0 unspecified atom stereocenters. The molecule has 2 atom stereocenters. The molecular formula is C21H25ClN2O. The molecule has 2 N–H and O–H groups in total. The van der Waals surface area contributed by atoms with Gasteiger partial charge in [0.25, 0.3) is 0 Å². The number of carbonyl (C=O) groups excluding carboxylic acids is 1. The summed E-state index contributed by atoms with van der Waals surface area (Å²) in [7, 11) is 0. The maximum Gasteiger partial charge on any atom is 0.225 e. The summed E-state index contributed by atoms with van der Waals surface area (Å²) in [6.07, 6.45) is 2.12. The third-order valence-electron chi connectivity index (χ3n) is 5.53. The molecule has 0 spiro atoms. The Morgan fingerprint density at radius 1 is 0.880 bits per heavy atom. The van der Waals surface area contributed by atoms with Gasteiger partial charge in [-0.15, -0.1) is 12.4 Å². The average Bonchev–Trinajstić information content (AvgIpc) is 3.09. The molecule has 1 aliphatic carbocycles. The number of nitrogens with one attached hydrogen (secondary N) is 2. The van der Waals surface area contributed by atoms with Gasteiger partial charge in [-0.1, -0.05) is 60.7 Å². The minimum absolute atomic E-state index is 0. The Bertz CT molecular complexity index is 686. The van der Waals surface area contributed by atoms with Crippen molar-refractivity contribution in [2.45, 2.75) is 30.7 Å². The van der Waals surface area contributed by atoms with Gasteiger partial charge >= 0.3 is 0 Å². The van der Waals surface area contributed by atoms with Gasteiger partial charge in [0.1, 0.15) is 0 Å². The van der Waals surface area contributed by atoms with Crippen molar-refractivity contribution in [2.75, 3.05) is 13.1 Å². The van der Waals surface area contributed by atoms with Gasteiger partial charge in [-0.05, 0) is 29.9 Å². The number of hydrogen-bond donors (Lipinski definition) is 2. The van der Waals surface area contributed by atoms with Gasteiger partial charge in [0.2, 0.25) is 5.91 Å². The van der Waals surface area contributed by atoms with Crippen LogP contribution in [0.25, 0.3) is 0 Å². The van der Waals surface area contributed by atoms with Crippen molar-refractivity contribution >= 4 is 18.3 Å². The van der Waals surface area contributed by atoms with Crippen LogP contribution in [0, 0.1) is 5.92 Å². The molecule has 2 aromatic rings. The van der Waals surface area contributed by atoms with Crippen molar-refractivity contribution in [3.05, 3.63) is 71.8 Å². The molecule has 4 heteroatoms. The van der Waals surface area contributed by atoms with E-state index in [4.69, 9.17) is 0 Å². The third kappa shape index (κ3) is 3.88. The minimum Gasteiger partial charge on any atom is -0.353 e. The lowest BCUT2D eigenvalue weighted by molar-refractivity contribution is -0.126. The molecule has 1 saturated carbocycles. The zero-order chi connectivity index (χ0) is 16.4. The van der Waals surface area contributed by atoms with Crippen LogP contribution in [0.2, 0.25) is 0 Å². The van der Waals surface area contributed by atoms with Gasteiger partial charge in [-0.3, -0.25) is 4.79 Å². The van der Waals surface area contributed by atoms with Crippen molar-refractivity contribution in [2.24, 2.45) is 5.92 Å². The lowest BCUT2D eigenvalue weighted by Gasteiger charge is -2.37. The number of carbonyl (C=O) groups is 1. The van der Waals surface area contributed by atoms with Gasteiger partial charge < -0.3 is 10.6 Å². The van der Waals surface area contributed by atoms with Gasteiger partial charge in [0, 0.05) is 25.0 Å². The molecule has 1 heterocycles. The summed E-state index contributed by atoms with van der Waals surface area (Å²) in [4.78, 5) is 12.7. The monoisotopic (exact) mass is 356 g/mol. The lowest BCUT2D eigenvalue weighted by Crippen LogP contribution is -2.46. The first-order valence-electron chi connectivity index (χ1n) is 8.92. The van der Waals surface area contributed by atoms with E-state index in [0.29, 0.717) is 12.0 Å². The maximum absolute atomic E-state index is 12.7. The van der Waals surface area contributed by atoms with E-state index in [2.05, 4.69) is 65.2 Å². The topological polar surface area (TPSA) is 41.1 Å². The van der Waals surface area contributed by atoms with E-state index in [1.54, 1.807) is 0 Å². The highest BCUT2D eigenvalue weighted by molar-refractivity contribution is 5.85. The van der Waals surface area contributed by atoms with Crippen LogP contribution in [0.15, 0.2) is 60.7 Å². The first-order valence-corrected chi connectivity index (χ1v) is 8.92. The Labute approximate surface area is 155 Å². The van der Waals surface area contributed by atoms with Gasteiger partial charge in [0.15, 0.2) is 0 Å². The van der Waals surface area contributed by atoms with Gasteiger partial charge in [-0.2, -0.15) is 0 Å². The van der Waals surface area contributed by atoms with E-state index in [0.717, 1.165) is 25.9 Å². The average molecular weight is 357 g/mol. The van der Waals surface area contributed by atoms with Crippen molar-refractivity contribution < 1.29 is 4.79 Å². The molecule has 1 amide bonds. The lowest BCUT2D eigenvalue weighted by atomic mass is 9.75. The number of hydrogen-bond acceptors (Lipinski definition) is 2. The molecule has 1 aliphatic heterocycles. The minimum atomic E-state index is 0. The summed E-state index contributed by atoms with van der Waals surface area (Å²) in [5.41, 5.74) is 2.66.